The molecule has 1 fully saturated rings. The van der Waals surface area contributed by atoms with Crippen molar-refractivity contribution in [2.75, 3.05) is 13.2 Å². The van der Waals surface area contributed by atoms with E-state index in [0.29, 0.717) is 0 Å². The van der Waals surface area contributed by atoms with Gasteiger partial charge in [0, 0.05) is 13.3 Å². The molecule has 0 unspecified atom stereocenters. The predicted octanol–water partition coefficient (Wildman–Crippen LogP) is -3.39. The molecule has 10 nitrogen and oxygen atoms in total. The van der Waals surface area contributed by atoms with Gasteiger partial charge >= 0.3 is 5.97 Å². The molecule has 6 atom stereocenters. The number of nitrogens with one attached hydrogen (secondary N) is 1. The van der Waals surface area contributed by atoms with Gasteiger partial charge in [-0.05, 0) is 6.92 Å². The Bertz CT molecular complexity index is 432. The van der Waals surface area contributed by atoms with Gasteiger partial charge in [0.25, 0.3) is 5.79 Å². The van der Waals surface area contributed by atoms with Crippen LogP contribution in [0.3, 0.4) is 0 Å². The molecule has 0 aromatic heterocycles. The molecule has 134 valence electrons. The molecule has 0 bridgehead atoms. The van der Waals surface area contributed by atoms with E-state index in [9.17, 15) is 30.0 Å². The minimum atomic E-state index is -2.55. The molecule has 1 saturated heterocycles. The van der Waals surface area contributed by atoms with Gasteiger partial charge in [0.1, 0.15) is 18.3 Å². The number of carbonyl (C=O) groups is 2. The first kappa shape index (κ1) is 19.7. The Kier molecular flexibility index (Phi) is 6.86. The summed E-state index contributed by atoms with van der Waals surface area (Å²) in [4.78, 5) is 23.1. The Morgan fingerprint density at radius 3 is 2.52 bits per heavy atom. The number of aliphatic hydroxyl groups is 5. The molecule has 10 heteroatoms. The van der Waals surface area contributed by atoms with E-state index in [-0.39, 0.29) is 6.61 Å². The Morgan fingerprint density at radius 2 is 2.04 bits per heavy atom. The maximum Gasteiger partial charge on any atom is 0.366 e. The first-order valence-electron chi connectivity index (χ1n) is 7.15. The van der Waals surface area contributed by atoms with E-state index >= 15 is 0 Å². The van der Waals surface area contributed by atoms with Crippen LogP contribution in [0.25, 0.3) is 0 Å². The molecule has 1 heterocycles. The van der Waals surface area contributed by atoms with Crippen LogP contribution in [-0.4, -0.2) is 86.9 Å². The van der Waals surface area contributed by atoms with Crippen molar-refractivity contribution >= 4 is 11.9 Å². The standard InChI is InChI=1S/C13H23NO9/c1-3-22-12(20)13(21)4-7(17)9(14-6(2)16)11(23-13)10(19)8(18)5-15/h7-11,15,17-19,21H,3-5H2,1-2H3,(H,14,16)/t7-,8+,9+,10+,11+,13-/m0/s1. The van der Waals surface area contributed by atoms with Crippen LogP contribution in [0.2, 0.25) is 0 Å². The summed E-state index contributed by atoms with van der Waals surface area (Å²) < 4.78 is 9.80. The zero-order chi connectivity index (χ0) is 17.8. The highest BCUT2D eigenvalue weighted by Crippen LogP contribution is 2.31. The van der Waals surface area contributed by atoms with E-state index < -0.39 is 61.1 Å². The molecule has 23 heavy (non-hydrogen) atoms. The summed E-state index contributed by atoms with van der Waals surface area (Å²) in [6, 6.07) is -1.21. The molecule has 0 spiro atoms. The second-order valence-electron chi connectivity index (χ2n) is 5.33. The highest BCUT2D eigenvalue weighted by Gasteiger charge is 2.54. The Labute approximate surface area is 132 Å². The normalized spacial score (nSPS) is 33.6. The SMILES string of the molecule is CCOC(=O)[C@]1(O)C[C@H](O)[C@@H](NC(C)=O)[C@H]([C@H](O)[C@H](O)CO)O1. The molecule has 0 aromatic rings. The van der Waals surface area contributed by atoms with Gasteiger partial charge in [0.15, 0.2) is 0 Å². The van der Waals surface area contributed by atoms with Crippen molar-refractivity contribution in [3.8, 4) is 0 Å². The average molecular weight is 337 g/mol. The van der Waals surface area contributed by atoms with E-state index in [1.54, 1.807) is 0 Å². The molecule has 0 aliphatic carbocycles. The van der Waals surface area contributed by atoms with Crippen molar-refractivity contribution in [2.24, 2.45) is 0 Å². The van der Waals surface area contributed by atoms with Crippen LogP contribution >= 0.6 is 0 Å². The second-order valence-corrected chi connectivity index (χ2v) is 5.33. The Morgan fingerprint density at radius 1 is 1.43 bits per heavy atom. The smallest absolute Gasteiger partial charge is 0.366 e. The number of hydrogen-bond acceptors (Lipinski definition) is 9. The number of carbonyl (C=O) groups excluding carboxylic acids is 2. The quantitative estimate of drug-likeness (QED) is 0.271. The molecule has 6 N–H and O–H groups in total. The van der Waals surface area contributed by atoms with Crippen molar-refractivity contribution in [1.29, 1.82) is 0 Å². The Balaban J connectivity index is 3.08. The lowest BCUT2D eigenvalue weighted by molar-refractivity contribution is -0.297. The lowest BCUT2D eigenvalue weighted by atomic mass is 9.88. The van der Waals surface area contributed by atoms with Gasteiger partial charge in [-0.15, -0.1) is 0 Å². The summed E-state index contributed by atoms with van der Waals surface area (Å²) >= 11 is 0. The lowest BCUT2D eigenvalue weighted by Crippen LogP contribution is -2.67. The third-order valence-corrected chi connectivity index (χ3v) is 3.47. The summed E-state index contributed by atoms with van der Waals surface area (Å²) in [6.45, 7) is 1.78. The lowest BCUT2D eigenvalue weighted by Gasteiger charge is -2.45. The Hall–Kier alpha value is -1.30. The van der Waals surface area contributed by atoms with Gasteiger partial charge in [-0.1, -0.05) is 0 Å². The number of hydrogen-bond donors (Lipinski definition) is 6. The summed E-state index contributed by atoms with van der Waals surface area (Å²) in [5.41, 5.74) is 0. The van der Waals surface area contributed by atoms with Crippen LogP contribution < -0.4 is 5.32 Å². The highest BCUT2D eigenvalue weighted by molar-refractivity contribution is 5.78. The van der Waals surface area contributed by atoms with Crippen LogP contribution in [0, 0.1) is 0 Å². The van der Waals surface area contributed by atoms with Gasteiger partial charge in [-0.2, -0.15) is 0 Å². The van der Waals surface area contributed by atoms with Gasteiger partial charge < -0.3 is 40.3 Å². The molecule has 0 radical (unpaired) electrons. The summed E-state index contributed by atoms with van der Waals surface area (Å²) in [5, 5.41) is 51.2. The summed E-state index contributed by atoms with van der Waals surface area (Å²) in [6.07, 6.45) is -7.08. The topological polar surface area (TPSA) is 166 Å². The fourth-order valence-electron chi connectivity index (χ4n) is 2.37. The second kappa shape index (κ2) is 7.99. The van der Waals surface area contributed by atoms with Crippen LogP contribution in [0.5, 0.6) is 0 Å². The van der Waals surface area contributed by atoms with Crippen LogP contribution in [0.4, 0.5) is 0 Å². The van der Waals surface area contributed by atoms with Crippen LogP contribution in [-0.2, 0) is 19.1 Å². The van der Waals surface area contributed by atoms with Crippen molar-refractivity contribution in [3.05, 3.63) is 0 Å². The number of amides is 1. The number of esters is 1. The van der Waals surface area contributed by atoms with Crippen molar-refractivity contribution in [2.45, 2.75) is 56.5 Å². The first-order valence-corrected chi connectivity index (χ1v) is 7.15. The molecule has 1 aliphatic rings. The van der Waals surface area contributed by atoms with E-state index in [2.05, 4.69) is 10.1 Å². The molecule has 1 rings (SSSR count). The van der Waals surface area contributed by atoms with Crippen molar-refractivity contribution in [1.82, 2.24) is 5.32 Å². The molecule has 0 saturated carbocycles. The first-order chi connectivity index (χ1) is 10.7. The zero-order valence-corrected chi connectivity index (χ0v) is 12.9. The predicted molar refractivity (Wildman–Crippen MR) is 73.8 cm³/mol. The molecular formula is C13H23NO9. The van der Waals surface area contributed by atoms with Crippen LogP contribution in [0.1, 0.15) is 20.3 Å². The minimum absolute atomic E-state index is 0.0534. The minimum Gasteiger partial charge on any atom is -0.462 e. The van der Waals surface area contributed by atoms with E-state index in [0.717, 1.165) is 6.92 Å². The third-order valence-electron chi connectivity index (χ3n) is 3.47. The molecular weight excluding hydrogens is 314 g/mol. The monoisotopic (exact) mass is 337 g/mol. The molecule has 1 aliphatic heterocycles. The maximum atomic E-state index is 11.8. The molecule has 0 aromatic carbocycles. The van der Waals surface area contributed by atoms with Gasteiger partial charge in [0.2, 0.25) is 5.91 Å². The zero-order valence-electron chi connectivity index (χ0n) is 12.9. The number of aliphatic hydroxyl groups excluding tert-OH is 4. The highest BCUT2D eigenvalue weighted by atomic mass is 16.7. The van der Waals surface area contributed by atoms with Gasteiger partial charge in [0.05, 0.1) is 25.4 Å². The summed E-state index contributed by atoms with van der Waals surface area (Å²) in [5.74, 6) is -4.28. The fourth-order valence-corrected chi connectivity index (χ4v) is 2.37. The third kappa shape index (κ3) is 4.59. The average Bonchev–Trinajstić information content (AvgIpc) is 2.48. The number of ether oxygens (including phenoxy) is 2. The van der Waals surface area contributed by atoms with Gasteiger partial charge in [-0.25, -0.2) is 4.79 Å². The van der Waals surface area contributed by atoms with E-state index in [4.69, 9.17) is 9.84 Å². The van der Waals surface area contributed by atoms with Crippen molar-refractivity contribution in [3.63, 3.8) is 0 Å². The fraction of sp³-hybridized carbons (Fsp3) is 0.846. The maximum absolute atomic E-state index is 11.8. The van der Waals surface area contributed by atoms with Crippen LogP contribution in [0.15, 0.2) is 0 Å². The van der Waals surface area contributed by atoms with Gasteiger partial charge in [-0.3, -0.25) is 4.79 Å². The van der Waals surface area contributed by atoms with Crippen molar-refractivity contribution < 1.29 is 44.6 Å². The summed E-state index contributed by atoms with van der Waals surface area (Å²) in [7, 11) is 0. The van der Waals surface area contributed by atoms with E-state index in [1.165, 1.54) is 6.92 Å². The largest absolute Gasteiger partial charge is 0.462 e. The van der Waals surface area contributed by atoms with E-state index in [1.807, 2.05) is 0 Å². The number of rotatable bonds is 6. The molecule has 1 amide bonds.